The van der Waals surface area contributed by atoms with Crippen LogP contribution in [0.3, 0.4) is 0 Å². The van der Waals surface area contributed by atoms with E-state index in [1.807, 2.05) is 27.0 Å². The molecule has 0 aliphatic carbocycles. The number of carbonyl (C=O) groups is 2. The fourth-order valence-electron chi connectivity index (χ4n) is 2.36. The van der Waals surface area contributed by atoms with Crippen molar-refractivity contribution < 1.29 is 14.3 Å². The minimum absolute atomic E-state index is 0.111. The van der Waals surface area contributed by atoms with Gasteiger partial charge < -0.3 is 15.0 Å². The number of nitrogens with zero attached hydrogens (tertiary/aromatic N) is 2. The Hall–Kier alpha value is -1.63. The number of thiazole rings is 1. The molecule has 1 aromatic heterocycles. The van der Waals surface area contributed by atoms with Crippen LogP contribution in [0, 0.1) is 0 Å². The monoisotopic (exact) mass is 325 g/mol. The van der Waals surface area contributed by atoms with Crippen molar-refractivity contribution in [3.8, 4) is 0 Å². The Bertz CT molecular complexity index is 542. The molecular weight excluding hydrogens is 302 g/mol. The summed E-state index contributed by atoms with van der Waals surface area (Å²) in [4.78, 5) is 30.2. The zero-order chi connectivity index (χ0) is 16.3. The van der Waals surface area contributed by atoms with Crippen LogP contribution < -0.4 is 5.32 Å². The first-order chi connectivity index (χ1) is 10.2. The minimum Gasteiger partial charge on any atom is -0.444 e. The predicted molar refractivity (Wildman–Crippen MR) is 86.2 cm³/mol. The molecule has 2 heterocycles. The third-order valence-electron chi connectivity index (χ3n) is 3.36. The summed E-state index contributed by atoms with van der Waals surface area (Å²) < 4.78 is 5.40. The van der Waals surface area contributed by atoms with Crippen molar-refractivity contribution in [1.29, 1.82) is 0 Å². The lowest BCUT2D eigenvalue weighted by Crippen LogP contribution is -2.41. The highest BCUT2D eigenvalue weighted by Gasteiger charge is 2.28. The van der Waals surface area contributed by atoms with E-state index in [4.69, 9.17) is 4.74 Å². The summed E-state index contributed by atoms with van der Waals surface area (Å²) in [7, 11) is 0. The largest absolute Gasteiger partial charge is 0.444 e. The number of anilines is 1. The van der Waals surface area contributed by atoms with Crippen LogP contribution in [0.25, 0.3) is 0 Å². The van der Waals surface area contributed by atoms with E-state index in [-0.39, 0.29) is 12.0 Å². The normalized spacial score (nSPS) is 16.5. The van der Waals surface area contributed by atoms with E-state index >= 15 is 0 Å². The van der Waals surface area contributed by atoms with Gasteiger partial charge in [0.1, 0.15) is 5.60 Å². The lowest BCUT2D eigenvalue weighted by Gasteiger charge is -2.33. The molecule has 1 fully saturated rings. The van der Waals surface area contributed by atoms with Crippen LogP contribution in [-0.4, -0.2) is 40.6 Å². The summed E-state index contributed by atoms with van der Waals surface area (Å²) in [6, 6.07) is 0. The number of nitrogens with one attached hydrogen (secondary N) is 1. The summed E-state index contributed by atoms with van der Waals surface area (Å²) in [5.41, 5.74) is -0.459. The molecular formula is C15H23N3O3S. The van der Waals surface area contributed by atoms with Crippen LogP contribution in [0.15, 0.2) is 6.20 Å². The lowest BCUT2D eigenvalue weighted by molar-refractivity contribution is -0.114. The fraction of sp³-hybridized carbons (Fsp3) is 0.667. The third kappa shape index (κ3) is 4.69. The fourth-order valence-corrected chi connectivity index (χ4v) is 3.39. The average molecular weight is 325 g/mol. The minimum atomic E-state index is -0.459. The van der Waals surface area contributed by atoms with Gasteiger partial charge in [0.25, 0.3) is 0 Å². The van der Waals surface area contributed by atoms with Gasteiger partial charge in [0.2, 0.25) is 5.91 Å². The number of rotatable bonds is 2. The van der Waals surface area contributed by atoms with E-state index < -0.39 is 5.60 Å². The molecule has 0 unspecified atom stereocenters. The first-order valence-electron chi connectivity index (χ1n) is 7.46. The Kier molecular flexibility index (Phi) is 5.05. The topological polar surface area (TPSA) is 71.5 Å². The van der Waals surface area contributed by atoms with Crippen LogP contribution in [0.1, 0.15) is 51.3 Å². The lowest BCUT2D eigenvalue weighted by atomic mass is 9.96. The van der Waals surface area contributed by atoms with E-state index in [9.17, 15) is 9.59 Å². The molecule has 2 amide bonds. The molecule has 0 aromatic carbocycles. The molecule has 1 aliphatic rings. The molecule has 0 spiro atoms. The van der Waals surface area contributed by atoms with Gasteiger partial charge in [-0.2, -0.15) is 0 Å². The summed E-state index contributed by atoms with van der Waals surface area (Å²) in [6.45, 7) is 8.47. The van der Waals surface area contributed by atoms with Gasteiger partial charge in [-0.3, -0.25) is 4.79 Å². The van der Waals surface area contributed by atoms with Crippen LogP contribution in [0.2, 0.25) is 0 Å². The molecule has 1 N–H and O–H groups in total. The Morgan fingerprint density at radius 1 is 1.36 bits per heavy atom. The summed E-state index contributed by atoms with van der Waals surface area (Å²) >= 11 is 1.51. The van der Waals surface area contributed by atoms with Crippen LogP contribution >= 0.6 is 11.3 Å². The highest BCUT2D eigenvalue weighted by atomic mass is 32.1. The molecule has 6 nitrogen and oxygen atoms in total. The third-order valence-corrected chi connectivity index (χ3v) is 4.43. The molecule has 1 aliphatic heterocycles. The van der Waals surface area contributed by atoms with E-state index in [1.165, 1.54) is 18.3 Å². The van der Waals surface area contributed by atoms with Crippen LogP contribution in [-0.2, 0) is 9.53 Å². The number of piperidine rings is 1. The number of aromatic nitrogens is 1. The molecule has 1 saturated heterocycles. The van der Waals surface area contributed by atoms with Crippen molar-refractivity contribution in [2.45, 2.75) is 52.1 Å². The summed E-state index contributed by atoms with van der Waals surface area (Å²) in [5, 5.41) is 3.34. The van der Waals surface area contributed by atoms with Crippen molar-refractivity contribution in [2.75, 3.05) is 18.4 Å². The maximum absolute atomic E-state index is 12.0. The zero-order valence-corrected chi connectivity index (χ0v) is 14.3. The second-order valence-electron chi connectivity index (χ2n) is 6.49. The zero-order valence-electron chi connectivity index (χ0n) is 13.5. The van der Waals surface area contributed by atoms with Crippen molar-refractivity contribution in [2.24, 2.45) is 0 Å². The van der Waals surface area contributed by atoms with Gasteiger partial charge >= 0.3 is 6.09 Å². The van der Waals surface area contributed by atoms with Gasteiger partial charge in [-0.05, 0) is 39.5 Å². The molecule has 2 rings (SSSR count). The van der Waals surface area contributed by atoms with E-state index in [0.717, 1.165) is 17.7 Å². The van der Waals surface area contributed by atoms with Gasteiger partial charge in [-0.25, -0.2) is 9.78 Å². The SMILES string of the molecule is CC(=O)Nc1ncc(C2CCN(C(=O)OC(C)(C)C)CC2)s1. The second kappa shape index (κ2) is 6.64. The van der Waals surface area contributed by atoms with E-state index in [1.54, 1.807) is 4.90 Å². The highest BCUT2D eigenvalue weighted by molar-refractivity contribution is 7.15. The van der Waals surface area contributed by atoms with Crippen molar-refractivity contribution in [3.63, 3.8) is 0 Å². The number of hydrogen-bond acceptors (Lipinski definition) is 5. The highest BCUT2D eigenvalue weighted by Crippen LogP contribution is 2.33. The molecule has 122 valence electrons. The average Bonchev–Trinajstić information content (AvgIpc) is 2.84. The van der Waals surface area contributed by atoms with Gasteiger partial charge in [-0.1, -0.05) is 0 Å². The first-order valence-corrected chi connectivity index (χ1v) is 8.27. The van der Waals surface area contributed by atoms with Crippen LogP contribution in [0.4, 0.5) is 9.93 Å². The quantitative estimate of drug-likeness (QED) is 0.906. The number of amides is 2. The summed E-state index contributed by atoms with van der Waals surface area (Å²) in [6.07, 6.45) is 3.36. The molecule has 0 atom stereocenters. The molecule has 1 aromatic rings. The Morgan fingerprint density at radius 3 is 2.55 bits per heavy atom. The van der Waals surface area contributed by atoms with E-state index in [0.29, 0.717) is 24.1 Å². The van der Waals surface area contributed by atoms with E-state index in [2.05, 4.69) is 10.3 Å². The molecule has 0 radical (unpaired) electrons. The summed E-state index contributed by atoms with van der Waals surface area (Å²) in [5.74, 6) is 0.277. The van der Waals surface area contributed by atoms with Crippen LogP contribution in [0.5, 0.6) is 0 Å². The Balaban J connectivity index is 1.88. The smallest absolute Gasteiger partial charge is 0.410 e. The molecule has 22 heavy (non-hydrogen) atoms. The maximum Gasteiger partial charge on any atom is 0.410 e. The van der Waals surface area contributed by atoms with Gasteiger partial charge in [-0.15, -0.1) is 11.3 Å². The van der Waals surface area contributed by atoms with Gasteiger partial charge in [0.05, 0.1) is 0 Å². The Morgan fingerprint density at radius 2 is 2.00 bits per heavy atom. The maximum atomic E-state index is 12.0. The molecule has 7 heteroatoms. The van der Waals surface area contributed by atoms with Crippen molar-refractivity contribution in [1.82, 2.24) is 9.88 Å². The number of likely N-dealkylation sites (tertiary alicyclic amines) is 1. The van der Waals surface area contributed by atoms with Crippen molar-refractivity contribution in [3.05, 3.63) is 11.1 Å². The number of carbonyl (C=O) groups excluding carboxylic acids is 2. The number of hydrogen-bond donors (Lipinski definition) is 1. The van der Waals surface area contributed by atoms with Gasteiger partial charge in [0, 0.05) is 31.1 Å². The van der Waals surface area contributed by atoms with Crippen molar-refractivity contribution >= 4 is 28.5 Å². The number of ether oxygens (including phenoxy) is 1. The standard InChI is InChI=1S/C15H23N3O3S/c1-10(19)17-13-16-9-12(22-13)11-5-7-18(8-6-11)14(20)21-15(2,3)4/h9,11H,5-8H2,1-4H3,(H,16,17,19). The second-order valence-corrected chi connectivity index (χ2v) is 7.55. The first kappa shape index (κ1) is 16.7. The molecule has 0 saturated carbocycles. The Labute approximate surface area is 134 Å². The molecule has 0 bridgehead atoms. The predicted octanol–water partition coefficient (Wildman–Crippen LogP) is 3.22. The van der Waals surface area contributed by atoms with Gasteiger partial charge in [0.15, 0.2) is 5.13 Å².